The second-order valence-corrected chi connectivity index (χ2v) is 5.65. The first-order chi connectivity index (χ1) is 9.08. The van der Waals surface area contributed by atoms with Gasteiger partial charge in [0.25, 0.3) is 0 Å². The van der Waals surface area contributed by atoms with Crippen LogP contribution in [0.2, 0.25) is 0 Å². The van der Waals surface area contributed by atoms with Gasteiger partial charge in [0.15, 0.2) is 5.78 Å². The number of carbonyl (C=O) groups is 1. The van der Waals surface area contributed by atoms with E-state index >= 15 is 0 Å². The fourth-order valence-electron chi connectivity index (χ4n) is 2.48. The summed E-state index contributed by atoms with van der Waals surface area (Å²) in [5.41, 5.74) is 3.32. The van der Waals surface area contributed by atoms with E-state index in [-0.39, 0.29) is 11.2 Å². The Kier molecular flexibility index (Phi) is 2.70. The summed E-state index contributed by atoms with van der Waals surface area (Å²) >= 11 is 0. The van der Waals surface area contributed by atoms with Gasteiger partial charge >= 0.3 is 0 Å². The van der Waals surface area contributed by atoms with Gasteiger partial charge in [-0.1, -0.05) is 13.8 Å². The van der Waals surface area contributed by atoms with Crippen molar-refractivity contribution in [1.82, 2.24) is 9.97 Å². The van der Waals surface area contributed by atoms with Crippen molar-refractivity contribution in [2.75, 3.05) is 0 Å². The zero-order valence-electron chi connectivity index (χ0n) is 11.2. The topological polar surface area (TPSA) is 42.9 Å². The van der Waals surface area contributed by atoms with E-state index in [1.807, 2.05) is 38.1 Å². The average Bonchev–Trinajstić information content (AvgIpc) is 2.44. The van der Waals surface area contributed by atoms with Crippen LogP contribution >= 0.6 is 0 Å². The normalized spacial score (nSPS) is 17.1. The highest BCUT2D eigenvalue weighted by atomic mass is 16.1. The van der Waals surface area contributed by atoms with Crippen molar-refractivity contribution in [2.45, 2.75) is 26.7 Å². The van der Waals surface area contributed by atoms with Crippen molar-refractivity contribution >= 4 is 5.78 Å². The molecule has 3 rings (SSSR count). The molecule has 3 heteroatoms. The maximum Gasteiger partial charge on any atom is 0.170 e. The molecule has 2 aromatic heterocycles. The average molecular weight is 252 g/mol. The lowest BCUT2D eigenvalue weighted by atomic mass is 9.75. The number of aryl methyl sites for hydroxylation is 1. The minimum Gasteiger partial charge on any atom is -0.294 e. The quantitative estimate of drug-likeness (QED) is 0.782. The van der Waals surface area contributed by atoms with Gasteiger partial charge in [-0.3, -0.25) is 14.8 Å². The van der Waals surface area contributed by atoms with Gasteiger partial charge in [0.2, 0.25) is 0 Å². The molecular weight excluding hydrogens is 236 g/mol. The zero-order valence-corrected chi connectivity index (χ0v) is 11.2. The Balaban J connectivity index is 2.05. The molecule has 0 atom stereocenters. The number of hydrogen-bond donors (Lipinski definition) is 0. The number of pyridine rings is 2. The Labute approximate surface area is 112 Å². The highest BCUT2D eigenvalue weighted by Gasteiger charge is 2.34. The molecule has 1 aliphatic carbocycles. The molecule has 0 spiro atoms. The lowest BCUT2D eigenvalue weighted by molar-refractivity contribution is 0.0809. The van der Waals surface area contributed by atoms with Crippen LogP contribution in [0.3, 0.4) is 0 Å². The molecule has 0 aliphatic heterocycles. The second kappa shape index (κ2) is 4.26. The lowest BCUT2D eigenvalue weighted by Crippen LogP contribution is -2.31. The summed E-state index contributed by atoms with van der Waals surface area (Å²) < 4.78 is 0. The van der Waals surface area contributed by atoms with Gasteiger partial charge in [0, 0.05) is 28.9 Å². The van der Waals surface area contributed by atoms with E-state index in [2.05, 4.69) is 9.97 Å². The summed E-state index contributed by atoms with van der Waals surface area (Å²) in [7, 11) is 0. The Hall–Kier alpha value is -2.03. The molecule has 0 saturated carbocycles. The molecule has 0 N–H and O–H groups in total. The lowest BCUT2D eigenvalue weighted by Gasteiger charge is -2.29. The first-order valence-electron chi connectivity index (χ1n) is 6.53. The predicted octanol–water partition coefficient (Wildman–Crippen LogP) is 3.30. The number of ketones is 1. The summed E-state index contributed by atoms with van der Waals surface area (Å²) in [6.45, 7) is 4.01. The summed E-state index contributed by atoms with van der Waals surface area (Å²) in [5.74, 6) is 0.207. The number of nitrogens with zero attached hydrogens (tertiary/aromatic N) is 2. The number of fused-ring (bicyclic) bond motifs is 1. The Morgan fingerprint density at radius 3 is 2.79 bits per heavy atom. The van der Waals surface area contributed by atoms with Crippen LogP contribution in [0.25, 0.3) is 11.3 Å². The third-order valence-electron chi connectivity index (χ3n) is 3.78. The van der Waals surface area contributed by atoms with Crippen LogP contribution < -0.4 is 0 Å². The molecule has 0 unspecified atom stereocenters. The molecule has 1 aliphatic rings. The van der Waals surface area contributed by atoms with Gasteiger partial charge in [0.1, 0.15) is 0 Å². The van der Waals surface area contributed by atoms with Crippen molar-refractivity contribution in [2.24, 2.45) is 5.41 Å². The maximum absolute atomic E-state index is 12.3. The van der Waals surface area contributed by atoms with E-state index in [0.717, 1.165) is 35.4 Å². The molecular formula is C16H16N2O. The fraction of sp³-hybridized carbons (Fsp3) is 0.312. The van der Waals surface area contributed by atoms with Crippen LogP contribution in [-0.4, -0.2) is 15.8 Å². The van der Waals surface area contributed by atoms with Gasteiger partial charge in [-0.25, -0.2) is 0 Å². The van der Waals surface area contributed by atoms with Crippen LogP contribution in [0.5, 0.6) is 0 Å². The van der Waals surface area contributed by atoms with E-state index < -0.39 is 0 Å². The zero-order chi connectivity index (χ0) is 13.5. The third kappa shape index (κ3) is 2.05. The fourth-order valence-corrected chi connectivity index (χ4v) is 2.48. The molecule has 0 aromatic carbocycles. The Morgan fingerprint density at radius 2 is 2.05 bits per heavy atom. The largest absolute Gasteiger partial charge is 0.294 e. The predicted molar refractivity (Wildman–Crippen MR) is 73.9 cm³/mol. The number of aromatic nitrogens is 2. The van der Waals surface area contributed by atoms with Crippen LogP contribution in [0.4, 0.5) is 0 Å². The summed E-state index contributed by atoms with van der Waals surface area (Å²) in [6, 6.07) is 7.70. The van der Waals surface area contributed by atoms with E-state index in [4.69, 9.17) is 0 Å². The van der Waals surface area contributed by atoms with Crippen molar-refractivity contribution in [1.29, 1.82) is 0 Å². The van der Waals surface area contributed by atoms with Crippen LogP contribution in [0.15, 0.2) is 36.7 Å². The molecule has 0 bridgehead atoms. The number of carbonyl (C=O) groups excluding carboxylic acids is 1. The second-order valence-electron chi connectivity index (χ2n) is 5.65. The van der Waals surface area contributed by atoms with E-state index in [9.17, 15) is 4.79 Å². The Bertz CT molecular complexity index is 632. The molecule has 19 heavy (non-hydrogen) atoms. The summed E-state index contributed by atoms with van der Waals surface area (Å²) in [6.07, 6.45) is 5.27. The molecule has 3 nitrogen and oxygen atoms in total. The number of Topliss-reactive ketones (excluding diaryl/α,β-unsaturated/α-hetero) is 1. The van der Waals surface area contributed by atoms with E-state index in [0.29, 0.717) is 0 Å². The monoisotopic (exact) mass is 252 g/mol. The molecule has 96 valence electrons. The van der Waals surface area contributed by atoms with Gasteiger partial charge < -0.3 is 0 Å². The van der Waals surface area contributed by atoms with Gasteiger partial charge in [-0.05, 0) is 37.1 Å². The molecule has 0 fully saturated rings. The van der Waals surface area contributed by atoms with Crippen molar-refractivity contribution in [3.63, 3.8) is 0 Å². The number of hydrogen-bond acceptors (Lipinski definition) is 3. The van der Waals surface area contributed by atoms with Crippen LogP contribution in [0.1, 0.15) is 36.3 Å². The third-order valence-corrected chi connectivity index (χ3v) is 3.78. The summed E-state index contributed by atoms with van der Waals surface area (Å²) in [4.78, 5) is 21.1. The molecule has 0 radical (unpaired) electrons. The molecule has 2 heterocycles. The minimum absolute atomic E-state index is 0.207. The minimum atomic E-state index is -0.259. The number of rotatable bonds is 1. The van der Waals surface area contributed by atoms with Crippen LogP contribution in [0, 0.1) is 5.41 Å². The van der Waals surface area contributed by atoms with E-state index in [1.165, 1.54) is 0 Å². The first kappa shape index (κ1) is 12.0. The molecule has 0 amide bonds. The highest BCUT2D eigenvalue weighted by Crippen LogP contribution is 2.34. The standard InChI is InChI=1S/C16H16N2O/c1-16(2)8-7-14-12(15(16)19)5-6-13(18-14)11-4-3-9-17-10-11/h3-6,9-10H,7-8H2,1-2H3. The van der Waals surface area contributed by atoms with Crippen molar-refractivity contribution < 1.29 is 4.79 Å². The Morgan fingerprint density at radius 1 is 1.21 bits per heavy atom. The van der Waals surface area contributed by atoms with Gasteiger partial charge in [0.05, 0.1) is 11.4 Å². The summed E-state index contributed by atoms with van der Waals surface area (Å²) in [5, 5.41) is 0. The smallest absolute Gasteiger partial charge is 0.170 e. The maximum atomic E-state index is 12.3. The SMILES string of the molecule is CC1(C)CCc2nc(-c3cccnc3)ccc2C1=O. The highest BCUT2D eigenvalue weighted by molar-refractivity contribution is 6.02. The van der Waals surface area contributed by atoms with E-state index in [1.54, 1.807) is 12.4 Å². The molecule has 2 aromatic rings. The van der Waals surface area contributed by atoms with Gasteiger partial charge in [-0.15, -0.1) is 0 Å². The van der Waals surface area contributed by atoms with Crippen LogP contribution in [-0.2, 0) is 6.42 Å². The first-order valence-corrected chi connectivity index (χ1v) is 6.53. The molecule has 0 saturated heterocycles. The van der Waals surface area contributed by atoms with Crippen molar-refractivity contribution in [3.05, 3.63) is 47.9 Å². The van der Waals surface area contributed by atoms with Crippen molar-refractivity contribution in [3.8, 4) is 11.3 Å². The van der Waals surface area contributed by atoms with Gasteiger partial charge in [-0.2, -0.15) is 0 Å².